The van der Waals surface area contributed by atoms with E-state index in [1.54, 1.807) is 22.7 Å². The molecule has 3 heterocycles. The molecule has 29 heavy (non-hydrogen) atoms. The summed E-state index contributed by atoms with van der Waals surface area (Å²) in [7, 11) is 0. The number of carboxylic acid groups (broad SMARTS) is 1. The highest BCUT2D eigenvalue weighted by Crippen LogP contribution is 2.49. The van der Waals surface area contributed by atoms with E-state index in [0.717, 1.165) is 29.4 Å². The summed E-state index contributed by atoms with van der Waals surface area (Å²) < 4.78 is 1.63. The molecule has 1 N–H and O–H groups in total. The number of hydrogen-bond acceptors (Lipinski definition) is 5. The highest BCUT2D eigenvalue weighted by Gasteiger charge is 2.56. The van der Waals surface area contributed by atoms with Gasteiger partial charge in [-0.2, -0.15) is 0 Å². The number of nitrogens with zero attached hydrogens (tertiary/aromatic N) is 5. The average molecular weight is 391 g/mol. The van der Waals surface area contributed by atoms with Crippen LogP contribution in [-0.2, 0) is 4.79 Å². The van der Waals surface area contributed by atoms with Crippen LogP contribution in [0.1, 0.15) is 35.4 Å². The number of benzene rings is 1. The minimum Gasteiger partial charge on any atom is -0.481 e. The lowest BCUT2D eigenvalue weighted by molar-refractivity contribution is -0.149. The van der Waals surface area contributed by atoms with Crippen LogP contribution in [0, 0.1) is 18.3 Å². The number of carbonyl (C=O) groups is 2. The van der Waals surface area contributed by atoms with Crippen LogP contribution in [0.3, 0.4) is 0 Å². The van der Waals surface area contributed by atoms with Crippen LogP contribution in [0.25, 0.3) is 16.6 Å². The Morgan fingerprint density at radius 3 is 2.86 bits per heavy atom. The summed E-state index contributed by atoms with van der Waals surface area (Å²) in [5.74, 6) is -1.03. The second-order valence-corrected chi connectivity index (χ2v) is 8.02. The number of aromatic nitrogens is 4. The van der Waals surface area contributed by atoms with E-state index in [1.807, 2.05) is 30.3 Å². The second-order valence-electron chi connectivity index (χ2n) is 8.02. The van der Waals surface area contributed by atoms with Crippen LogP contribution >= 0.6 is 0 Å². The van der Waals surface area contributed by atoms with Gasteiger partial charge >= 0.3 is 5.97 Å². The van der Waals surface area contributed by atoms with E-state index in [9.17, 15) is 14.7 Å². The lowest BCUT2D eigenvalue weighted by Gasteiger charge is -2.23. The first-order valence-electron chi connectivity index (χ1n) is 9.80. The molecule has 148 valence electrons. The number of amides is 1. The van der Waals surface area contributed by atoms with E-state index in [4.69, 9.17) is 0 Å². The standard InChI is InChI=1S/C21H21N5O3/c1-13-17(19(27)25-11-15-7-3-9-21(15,12-25)20(28)29)23-24-26(13)16-8-2-5-14-6-4-10-22-18(14)16/h2,4-6,8,10,15H,3,7,9,11-12H2,1H3,(H,28,29)/t15-,21+/m0/s1. The molecular formula is C21H21N5O3. The van der Waals surface area contributed by atoms with Crippen molar-refractivity contribution < 1.29 is 14.7 Å². The van der Waals surface area contributed by atoms with Gasteiger partial charge in [-0.1, -0.05) is 29.8 Å². The Bertz CT molecular complexity index is 1140. The van der Waals surface area contributed by atoms with Gasteiger partial charge in [0.15, 0.2) is 5.69 Å². The normalized spacial score (nSPS) is 23.5. The van der Waals surface area contributed by atoms with Crippen LogP contribution in [0.5, 0.6) is 0 Å². The number of carboxylic acids is 1. The van der Waals surface area contributed by atoms with Crippen molar-refractivity contribution in [1.82, 2.24) is 24.9 Å². The van der Waals surface area contributed by atoms with Gasteiger partial charge in [0.1, 0.15) is 0 Å². The first-order chi connectivity index (χ1) is 14.0. The smallest absolute Gasteiger partial charge is 0.311 e. The van der Waals surface area contributed by atoms with Crippen molar-refractivity contribution in [3.63, 3.8) is 0 Å². The van der Waals surface area contributed by atoms with Crippen LogP contribution in [-0.4, -0.2) is 55.0 Å². The van der Waals surface area contributed by atoms with Crippen molar-refractivity contribution in [1.29, 1.82) is 0 Å². The van der Waals surface area contributed by atoms with E-state index in [2.05, 4.69) is 15.3 Å². The zero-order valence-electron chi connectivity index (χ0n) is 16.1. The maximum Gasteiger partial charge on any atom is 0.311 e. The quantitative estimate of drug-likeness (QED) is 0.736. The second kappa shape index (κ2) is 6.37. The molecule has 2 aliphatic rings. The molecule has 0 unspecified atom stereocenters. The molecule has 0 spiro atoms. The Balaban J connectivity index is 1.49. The first kappa shape index (κ1) is 17.8. The van der Waals surface area contributed by atoms with Gasteiger partial charge in [-0.3, -0.25) is 14.6 Å². The predicted octanol–water partition coefficient (Wildman–Crippen LogP) is 2.45. The molecule has 2 aromatic heterocycles. The molecular weight excluding hydrogens is 370 g/mol. The van der Waals surface area contributed by atoms with Gasteiger partial charge < -0.3 is 10.0 Å². The Morgan fingerprint density at radius 2 is 2.07 bits per heavy atom. The lowest BCUT2D eigenvalue weighted by atomic mass is 9.81. The van der Waals surface area contributed by atoms with E-state index in [1.165, 1.54) is 0 Å². The Morgan fingerprint density at radius 1 is 1.24 bits per heavy atom. The molecule has 8 heteroatoms. The van der Waals surface area contributed by atoms with Gasteiger partial charge in [-0.05, 0) is 37.8 Å². The van der Waals surface area contributed by atoms with Crippen LogP contribution in [0.4, 0.5) is 0 Å². The van der Waals surface area contributed by atoms with Crippen molar-refractivity contribution in [3.8, 4) is 5.69 Å². The number of para-hydroxylation sites is 1. The van der Waals surface area contributed by atoms with Crippen LogP contribution < -0.4 is 0 Å². The summed E-state index contributed by atoms with van der Waals surface area (Å²) in [5, 5.41) is 19.1. The van der Waals surface area contributed by atoms with E-state index >= 15 is 0 Å². The maximum absolute atomic E-state index is 13.2. The summed E-state index contributed by atoms with van der Waals surface area (Å²) in [5.41, 5.74) is 1.61. The molecule has 1 aliphatic heterocycles. The summed E-state index contributed by atoms with van der Waals surface area (Å²) >= 11 is 0. The molecule has 1 aliphatic carbocycles. The third-order valence-electron chi connectivity index (χ3n) is 6.52. The van der Waals surface area contributed by atoms with Crippen LogP contribution in [0.15, 0.2) is 36.5 Å². The van der Waals surface area contributed by atoms with Crippen molar-refractivity contribution in [3.05, 3.63) is 47.9 Å². The molecule has 1 saturated heterocycles. The molecule has 0 radical (unpaired) electrons. The number of fused-ring (bicyclic) bond motifs is 2. The van der Waals surface area contributed by atoms with Gasteiger partial charge in [-0.25, -0.2) is 4.68 Å². The fourth-order valence-corrected chi connectivity index (χ4v) is 4.96. The number of aliphatic carboxylic acids is 1. The number of rotatable bonds is 3. The Kier molecular flexibility index (Phi) is 3.90. The molecule has 2 atom stereocenters. The minimum atomic E-state index is -0.806. The van der Waals surface area contributed by atoms with Crippen molar-refractivity contribution in [2.45, 2.75) is 26.2 Å². The number of carbonyl (C=O) groups excluding carboxylic acids is 1. The van der Waals surface area contributed by atoms with Gasteiger partial charge in [0, 0.05) is 24.7 Å². The molecule has 1 aromatic carbocycles. The Hall–Kier alpha value is -3.29. The van der Waals surface area contributed by atoms with Crippen molar-refractivity contribution in [2.24, 2.45) is 11.3 Å². The summed E-state index contributed by atoms with van der Waals surface area (Å²) in [6.45, 7) is 2.51. The predicted molar refractivity (Wildman–Crippen MR) is 105 cm³/mol. The van der Waals surface area contributed by atoms with E-state index in [0.29, 0.717) is 18.7 Å². The van der Waals surface area contributed by atoms with Gasteiger partial charge in [-0.15, -0.1) is 5.10 Å². The third-order valence-corrected chi connectivity index (χ3v) is 6.52. The molecule has 1 amide bonds. The van der Waals surface area contributed by atoms with E-state index < -0.39 is 11.4 Å². The summed E-state index contributed by atoms with van der Waals surface area (Å²) in [4.78, 5) is 31.2. The minimum absolute atomic E-state index is 0.0153. The summed E-state index contributed by atoms with van der Waals surface area (Å²) in [6.07, 6.45) is 4.11. The first-order valence-corrected chi connectivity index (χ1v) is 9.80. The molecule has 0 bridgehead atoms. The number of pyridine rings is 1. The SMILES string of the molecule is Cc1c(C(=O)N2C[C@@H]3CCC[C@@]3(C(=O)O)C2)nnn1-c1cccc2cccnc12. The summed E-state index contributed by atoms with van der Waals surface area (Å²) in [6, 6.07) is 9.62. The van der Waals surface area contributed by atoms with E-state index in [-0.39, 0.29) is 24.1 Å². The topological polar surface area (TPSA) is 101 Å². The fraction of sp³-hybridized carbons (Fsp3) is 0.381. The average Bonchev–Trinajstić information content (AvgIpc) is 3.39. The van der Waals surface area contributed by atoms with Gasteiger partial charge in [0.25, 0.3) is 5.91 Å². The highest BCUT2D eigenvalue weighted by atomic mass is 16.4. The van der Waals surface area contributed by atoms with Crippen molar-refractivity contribution >= 4 is 22.8 Å². The molecule has 3 aromatic rings. The zero-order chi connectivity index (χ0) is 20.2. The fourth-order valence-electron chi connectivity index (χ4n) is 4.96. The Labute approximate surface area is 167 Å². The van der Waals surface area contributed by atoms with Gasteiger partial charge in [0.2, 0.25) is 0 Å². The maximum atomic E-state index is 13.2. The van der Waals surface area contributed by atoms with Gasteiger partial charge in [0.05, 0.1) is 22.3 Å². The monoisotopic (exact) mass is 391 g/mol. The van der Waals surface area contributed by atoms with Crippen molar-refractivity contribution in [2.75, 3.05) is 13.1 Å². The third kappa shape index (κ3) is 2.55. The molecule has 1 saturated carbocycles. The largest absolute Gasteiger partial charge is 0.481 e. The molecule has 2 fully saturated rings. The lowest BCUT2D eigenvalue weighted by Crippen LogP contribution is -2.37. The molecule has 5 rings (SSSR count). The number of likely N-dealkylation sites (tertiary alicyclic amines) is 1. The zero-order valence-corrected chi connectivity index (χ0v) is 16.1. The van der Waals surface area contributed by atoms with Crippen LogP contribution in [0.2, 0.25) is 0 Å². The molecule has 8 nitrogen and oxygen atoms in total. The highest BCUT2D eigenvalue weighted by molar-refractivity contribution is 5.95. The number of hydrogen-bond donors (Lipinski definition) is 1.